The number of aromatic amines is 1. The van der Waals surface area contributed by atoms with Gasteiger partial charge in [0.1, 0.15) is 5.82 Å². The Balaban J connectivity index is 1.60. The molecule has 20 heavy (non-hydrogen) atoms. The summed E-state index contributed by atoms with van der Waals surface area (Å²) < 4.78 is 0. The molecule has 0 radical (unpaired) electrons. The smallest absolute Gasteiger partial charge is 0.227 e. The molecule has 0 aliphatic carbocycles. The minimum atomic E-state index is -0.0518. The van der Waals surface area contributed by atoms with Gasteiger partial charge in [0, 0.05) is 37.6 Å². The van der Waals surface area contributed by atoms with Crippen molar-refractivity contribution in [2.24, 2.45) is 0 Å². The topological polar surface area (TPSA) is 69.8 Å². The van der Waals surface area contributed by atoms with Crippen molar-refractivity contribution in [1.29, 1.82) is 0 Å². The molecule has 0 bridgehead atoms. The van der Waals surface area contributed by atoms with Crippen molar-refractivity contribution in [2.45, 2.75) is 18.8 Å². The Morgan fingerprint density at radius 3 is 3.15 bits per heavy atom. The van der Waals surface area contributed by atoms with Crippen LogP contribution in [0.2, 0.25) is 0 Å². The van der Waals surface area contributed by atoms with Crippen molar-refractivity contribution >= 4 is 11.6 Å². The van der Waals surface area contributed by atoms with Crippen molar-refractivity contribution < 1.29 is 4.79 Å². The largest absolute Gasteiger partial charge is 0.385 e. The molecule has 1 aromatic heterocycles. The van der Waals surface area contributed by atoms with Crippen molar-refractivity contribution in [3.63, 3.8) is 0 Å². The molecule has 1 aromatic carbocycles. The minimum Gasteiger partial charge on any atom is -0.385 e. The summed E-state index contributed by atoms with van der Waals surface area (Å²) >= 11 is 0. The molecule has 1 atom stereocenters. The van der Waals surface area contributed by atoms with Gasteiger partial charge in [-0.25, -0.2) is 4.98 Å². The molecule has 2 aromatic rings. The Hall–Kier alpha value is -2.30. The van der Waals surface area contributed by atoms with Crippen LogP contribution in [-0.2, 0) is 11.2 Å². The summed E-state index contributed by atoms with van der Waals surface area (Å²) in [5.74, 6) is 0.950. The number of imidazole rings is 1. The molecule has 0 spiro atoms. The lowest BCUT2D eigenvalue weighted by Crippen LogP contribution is -2.34. The first-order valence-corrected chi connectivity index (χ1v) is 6.93. The van der Waals surface area contributed by atoms with Gasteiger partial charge in [-0.2, -0.15) is 0 Å². The van der Waals surface area contributed by atoms with Crippen LogP contribution >= 0.6 is 0 Å². The lowest BCUT2D eigenvalue weighted by atomic mass is 9.90. The zero-order chi connectivity index (χ0) is 13.8. The van der Waals surface area contributed by atoms with E-state index in [2.05, 4.69) is 20.6 Å². The number of amides is 1. The predicted molar refractivity (Wildman–Crippen MR) is 77.6 cm³/mol. The molecule has 0 saturated carbocycles. The summed E-state index contributed by atoms with van der Waals surface area (Å²) in [5.41, 5.74) is 2.17. The quantitative estimate of drug-likeness (QED) is 0.791. The maximum absolute atomic E-state index is 12.3. The van der Waals surface area contributed by atoms with Crippen molar-refractivity contribution in [3.05, 3.63) is 48.0 Å². The molecule has 1 unspecified atom stereocenters. The fourth-order valence-electron chi connectivity index (χ4n) is 2.60. The monoisotopic (exact) mass is 270 g/mol. The molecule has 1 aliphatic rings. The average Bonchev–Trinajstić information content (AvgIpc) is 3.00. The van der Waals surface area contributed by atoms with Crippen molar-refractivity contribution in [2.75, 3.05) is 18.4 Å². The van der Waals surface area contributed by atoms with Gasteiger partial charge in [-0.3, -0.25) is 4.79 Å². The lowest BCUT2D eigenvalue weighted by molar-refractivity contribution is -0.122. The minimum absolute atomic E-state index is 0.0518. The fraction of sp³-hybridized carbons (Fsp3) is 0.333. The number of nitrogens with zero attached hydrogens (tertiary/aromatic N) is 1. The third kappa shape index (κ3) is 2.66. The number of benzene rings is 1. The number of carbonyl (C=O) groups excluding carboxylic acids is 1. The predicted octanol–water partition coefficient (Wildman–Crippen LogP) is 1.67. The Labute approximate surface area is 117 Å². The van der Waals surface area contributed by atoms with E-state index in [9.17, 15) is 4.79 Å². The van der Waals surface area contributed by atoms with E-state index in [4.69, 9.17) is 0 Å². The third-order valence-electron chi connectivity index (χ3n) is 3.62. The number of fused-ring (bicyclic) bond motifs is 1. The Morgan fingerprint density at radius 2 is 2.30 bits per heavy atom. The summed E-state index contributed by atoms with van der Waals surface area (Å²) in [6, 6.07) is 8.02. The molecule has 2 heterocycles. The molecule has 5 heteroatoms. The van der Waals surface area contributed by atoms with E-state index >= 15 is 0 Å². The molecule has 1 amide bonds. The normalized spacial score (nSPS) is 17.1. The number of hydrogen-bond donors (Lipinski definition) is 3. The number of aromatic nitrogens is 2. The van der Waals surface area contributed by atoms with Crippen LogP contribution in [-0.4, -0.2) is 29.0 Å². The number of nitrogens with one attached hydrogen (secondary N) is 3. The summed E-state index contributed by atoms with van der Waals surface area (Å²) in [4.78, 5) is 19.5. The molecule has 0 saturated heterocycles. The number of para-hydroxylation sites is 1. The van der Waals surface area contributed by atoms with Gasteiger partial charge >= 0.3 is 0 Å². The molecule has 104 valence electrons. The number of H-pyrrole nitrogens is 1. The Bertz CT molecular complexity index is 579. The molecule has 3 N–H and O–H groups in total. The third-order valence-corrected chi connectivity index (χ3v) is 3.62. The van der Waals surface area contributed by atoms with E-state index in [0.717, 1.165) is 36.5 Å². The lowest BCUT2D eigenvalue weighted by Gasteiger charge is -2.25. The Kier molecular flexibility index (Phi) is 3.67. The molecular weight excluding hydrogens is 252 g/mol. The zero-order valence-corrected chi connectivity index (χ0v) is 11.2. The highest BCUT2D eigenvalue weighted by atomic mass is 16.1. The van der Waals surface area contributed by atoms with Gasteiger partial charge in [-0.05, 0) is 18.1 Å². The number of rotatable bonds is 4. The maximum atomic E-state index is 12.3. The van der Waals surface area contributed by atoms with Gasteiger partial charge < -0.3 is 15.6 Å². The van der Waals surface area contributed by atoms with Crippen LogP contribution in [0.5, 0.6) is 0 Å². The highest BCUT2D eigenvalue weighted by Gasteiger charge is 2.25. The SMILES string of the molecule is O=C(NCCc1ncc[nH]1)C1CCNc2ccccc21. The van der Waals surface area contributed by atoms with Crippen LogP contribution in [0.3, 0.4) is 0 Å². The first-order chi connectivity index (χ1) is 9.84. The van der Waals surface area contributed by atoms with E-state index in [0.29, 0.717) is 6.54 Å². The molecule has 1 aliphatic heterocycles. The second-order valence-corrected chi connectivity index (χ2v) is 4.93. The zero-order valence-electron chi connectivity index (χ0n) is 11.2. The Morgan fingerprint density at radius 1 is 1.40 bits per heavy atom. The molecular formula is C15H18N4O. The van der Waals surface area contributed by atoms with Gasteiger partial charge in [0.2, 0.25) is 5.91 Å². The van der Waals surface area contributed by atoms with E-state index in [1.807, 2.05) is 24.3 Å². The number of carbonyl (C=O) groups is 1. The van der Waals surface area contributed by atoms with Crippen LogP contribution in [0.4, 0.5) is 5.69 Å². The molecule has 3 rings (SSSR count). The van der Waals surface area contributed by atoms with E-state index in [1.54, 1.807) is 12.4 Å². The van der Waals surface area contributed by atoms with Crippen LogP contribution in [0.25, 0.3) is 0 Å². The van der Waals surface area contributed by atoms with Crippen molar-refractivity contribution in [1.82, 2.24) is 15.3 Å². The van der Waals surface area contributed by atoms with E-state index in [1.165, 1.54) is 0 Å². The fourth-order valence-corrected chi connectivity index (χ4v) is 2.60. The van der Waals surface area contributed by atoms with E-state index in [-0.39, 0.29) is 11.8 Å². The number of anilines is 1. The van der Waals surface area contributed by atoms with Crippen molar-refractivity contribution in [3.8, 4) is 0 Å². The highest BCUT2D eigenvalue weighted by Crippen LogP contribution is 2.31. The average molecular weight is 270 g/mol. The van der Waals surface area contributed by atoms with Gasteiger partial charge in [-0.1, -0.05) is 18.2 Å². The number of hydrogen-bond acceptors (Lipinski definition) is 3. The van der Waals surface area contributed by atoms with Gasteiger partial charge in [0.05, 0.1) is 5.92 Å². The summed E-state index contributed by atoms with van der Waals surface area (Å²) in [5, 5.41) is 6.34. The van der Waals surface area contributed by atoms with Crippen LogP contribution in [0.15, 0.2) is 36.7 Å². The van der Waals surface area contributed by atoms with Gasteiger partial charge in [-0.15, -0.1) is 0 Å². The van der Waals surface area contributed by atoms with Crippen LogP contribution in [0.1, 0.15) is 23.7 Å². The van der Waals surface area contributed by atoms with Crippen LogP contribution in [0, 0.1) is 0 Å². The second-order valence-electron chi connectivity index (χ2n) is 4.93. The summed E-state index contributed by atoms with van der Waals surface area (Å²) in [6.07, 6.45) is 5.08. The van der Waals surface area contributed by atoms with Gasteiger partial charge in [0.15, 0.2) is 0 Å². The van der Waals surface area contributed by atoms with E-state index < -0.39 is 0 Å². The summed E-state index contributed by atoms with van der Waals surface area (Å²) in [6.45, 7) is 1.45. The van der Waals surface area contributed by atoms with Crippen LogP contribution < -0.4 is 10.6 Å². The summed E-state index contributed by atoms with van der Waals surface area (Å²) in [7, 11) is 0. The first kappa shape index (κ1) is 12.7. The second kappa shape index (κ2) is 5.77. The first-order valence-electron chi connectivity index (χ1n) is 6.93. The maximum Gasteiger partial charge on any atom is 0.227 e. The molecule has 5 nitrogen and oxygen atoms in total. The molecule has 0 fully saturated rings. The van der Waals surface area contributed by atoms with Gasteiger partial charge in [0.25, 0.3) is 0 Å². The highest BCUT2D eigenvalue weighted by molar-refractivity contribution is 5.86. The standard InChI is InChI=1S/C15H18N4O/c20-15(19-8-6-14-17-9-10-18-14)12-5-7-16-13-4-2-1-3-11(12)13/h1-4,9-10,12,16H,5-8H2,(H,17,18)(H,19,20).